The lowest BCUT2D eigenvalue weighted by molar-refractivity contribution is 0.0438. The fourth-order valence-electron chi connectivity index (χ4n) is 1.96. The lowest BCUT2D eigenvalue weighted by Crippen LogP contribution is -2.06. The molecule has 0 aliphatic rings. The summed E-state index contributed by atoms with van der Waals surface area (Å²) >= 11 is 0. The molecular weight excluding hydrogens is 316 g/mol. The zero-order valence-corrected chi connectivity index (χ0v) is 13.7. The molecule has 0 radical (unpaired) electrons. The second-order valence-corrected chi connectivity index (χ2v) is 4.63. The molecule has 0 saturated carbocycles. The second kappa shape index (κ2) is 8.05. The molecule has 0 aliphatic heterocycles. The zero-order valence-electron chi connectivity index (χ0n) is 13.7. The Bertz CT molecular complexity index is 717. The number of rotatable bonds is 7. The highest BCUT2D eigenvalue weighted by Gasteiger charge is 2.15. The molecular formula is C17H18O7. The molecule has 24 heavy (non-hydrogen) atoms. The van der Waals surface area contributed by atoms with E-state index in [1.165, 1.54) is 20.3 Å². The van der Waals surface area contributed by atoms with Gasteiger partial charge in [-0.25, -0.2) is 9.59 Å². The van der Waals surface area contributed by atoms with Crippen LogP contribution in [0.1, 0.15) is 33.6 Å². The van der Waals surface area contributed by atoms with Crippen LogP contribution in [0.25, 0.3) is 0 Å². The molecule has 1 aromatic carbocycles. The minimum Gasteiger partial charge on any atom is -0.493 e. The number of benzene rings is 1. The number of carbonyl (C=O) groups excluding carboxylic acids is 2. The standard InChI is InChI=1S/C17H18O7/c1-4-22-15-9-11(5-7-13(15)20-2)16(18)23-10-12-6-8-14(24-12)17(19)21-3/h5-9H,4,10H2,1-3H3. The Labute approximate surface area is 139 Å². The summed E-state index contributed by atoms with van der Waals surface area (Å²) in [5.41, 5.74) is 0.319. The first-order valence-electron chi connectivity index (χ1n) is 7.24. The first kappa shape index (κ1) is 17.4. The fourth-order valence-corrected chi connectivity index (χ4v) is 1.96. The van der Waals surface area contributed by atoms with Gasteiger partial charge in [0.15, 0.2) is 11.5 Å². The molecule has 0 atom stereocenters. The summed E-state index contributed by atoms with van der Waals surface area (Å²) in [6, 6.07) is 7.75. The van der Waals surface area contributed by atoms with Gasteiger partial charge in [-0.3, -0.25) is 0 Å². The van der Waals surface area contributed by atoms with Gasteiger partial charge in [0.1, 0.15) is 12.4 Å². The van der Waals surface area contributed by atoms with Crippen LogP contribution in [0.2, 0.25) is 0 Å². The molecule has 128 valence electrons. The summed E-state index contributed by atoms with van der Waals surface area (Å²) in [6.07, 6.45) is 0. The quantitative estimate of drug-likeness (QED) is 0.720. The van der Waals surface area contributed by atoms with Crippen LogP contribution in [-0.4, -0.2) is 32.8 Å². The molecule has 0 bridgehead atoms. The normalized spacial score (nSPS) is 10.1. The number of esters is 2. The van der Waals surface area contributed by atoms with Gasteiger partial charge in [-0.1, -0.05) is 0 Å². The van der Waals surface area contributed by atoms with Crippen molar-refractivity contribution in [2.24, 2.45) is 0 Å². The molecule has 7 nitrogen and oxygen atoms in total. The lowest BCUT2D eigenvalue weighted by atomic mass is 10.2. The molecule has 7 heteroatoms. The lowest BCUT2D eigenvalue weighted by Gasteiger charge is -2.10. The molecule has 0 saturated heterocycles. The molecule has 0 unspecified atom stereocenters. The van der Waals surface area contributed by atoms with Crippen LogP contribution in [0.3, 0.4) is 0 Å². The summed E-state index contributed by atoms with van der Waals surface area (Å²) in [6.45, 7) is 2.17. The molecule has 1 aromatic heterocycles. The largest absolute Gasteiger partial charge is 0.493 e. The van der Waals surface area contributed by atoms with Gasteiger partial charge >= 0.3 is 11.9 Å². The molecule has 0 fully saturated rings. The van der Waals surface area contributed by atoms with Gasteiger partial charge < -0.3 is 23.4 Å². The van der Waals surface area contributed by atoms with Crippen molar-refractivity contribution in [1.82, 2.24) is 0 Å². The number of furan rings is 1. The van der Waals surface area contributed by atoms with Crippen molar-refractivity contribution in [1.29, 1.82) is 0 Å². The van der Waals surface area contributed by atoms with Crippen LogP contribution < -0.4 is 9.47 Å². The molecule has 2 rings (SSSR count). The van der Waals surface area contributed by atoms with Gasteiger partial charge in [-0.2, -0.15) is 0 Å². The van der Waals surface area contributed by atoms with Crippen molar-refractivity contribution in [3.05, 3.63) is 47.4 Å². The van der Waals surface area contributed by atoms with E-state index in [9.17, 15) is 9.59 Å². The number of hydrogen-bond acceptors (Lipinski definition) is 7. The Morgan fingerprint density at radius 2 is 1.83 bits per heavy atom. The highest BCUT2D eigenvalue weighted by molar-refractivity contribution is 5.90. The van der Waals surface area contributed by atoms with E-state index < -0.39 is 11.9 Å². The predicted octanol–water partition coefficient (Wildman–Crippen LogP) is 2.83. The van der Waals surface area contributed by atoms with Crippen LogP contribution in [0, 0.1) is 0 Å². The molecule has 0 N–H and O–H groups in total. The Balaban J connectivity index is 2.03. The minimum absolute atomic E-state index is 0.0478. The Kier molecular flexibility index (Phi) is 5.83. The van der Waals surface area contributed by atoms with E-state index in [4.69, 9.17) is 18.6 Å². The van der Waals surface area contributed by atoms with Crippen LogP contribution >= 0.6 is 0 Å². The monoisotopic (exact) mass is 334 g/mol. The summed E-state index contributed by atoms with van der Waals surface area (Å²) in [7, 11) is 2.77. The van der Waals surface area contributed by atoms with E-state index in [2.05, 4.69) is 4.74 Å². The van der Waals surface area contributed by atoms with Gasteiger partial charge in [0.05, 0.1) is 26.4 Å². The third kappa shape index (κ3) is 4.07. The van der Waals surface area contributed by atoms with Crippen molar-refractivity contribution < 1.29 is 33.0 Å². The zero-order chi connectivity index (χ0) is 17.5. The van der Waals surface area contributed by atoms with E-state index in [1.54, 1.807) is 24.3 Å². The van der Waals surface area contributed by atoms with Crippen molar-refractivity contribution in [2.45, 2.75) is 13.5 Å². The SMILES string of the molecule is CCOc1cc(C(=O)OCc2ccc(C(=O)OC)o2)ccc1OC. The third-order valence-corrected chi connectivity index (χ3v) is 3.09. The number of hydrogen-bond donors (Lipinski definition) is 0. The van der Waals surface area contributed by atoms with Gasteiger partial charge in [-0.15, -0.1) is 0 Å². The van der Waals surface area contributed by atoms with Crippen LogP contribution in [-0.2, 0) is 16.1 Å². The number of ether oxygens (including phenoxy) is 4. The molecule has 1 heterocycles. The summed E-state index contributed by atoms with van der Waals surface area (Å²) in [5, 5.41) is 0. The van der Waals surface area contributed by atoms with Gasteiger partial charge in [0, 0.05) is 0 Å². The van der Waals surface area contributed by atoms with Gasteiger partial charge in [0.25, 0.3) is 0 Å². The Morgan fingerprint density at radius 3 is 2.50 bits per heavy atom. The highest BCUT2D eigenvalue weighted by atomic mass is 16.6. The first-order chi connectivity index (χ1) is 11.6. The fraction of sp³-hybridized carbons (Fsp3) is 0.294. The maximum atomic E-state index is 12.1. The first-order valence-corrected chi connectivity index (χ1v) is 7.24. The predicted molar refractivity (Wildman–Crippen MR) is 83.3 cm³/mol. The number of carbonyl (C=O) groups is 2. The maximum Gasteiger partial charge on any atom is 0.373 e. The van der Waals surface area contributed by atoms with Crippen molar-refractivity contribution >= 4 is 11.9 Å². The van der Waals surface area contributed by atoms with Crippen molar-refractivity contribution in [3.63, 3.8) is 0 Å². The van der Waals surface area contributed by atoms with E-state index in [1.807, 2.05) is 6.92 Å². The average molecular weight is 334 g/mol. The molecule has 2 aromatic rings. The Morgan fingerprint density at radius 1 is 1.04 bits per heavy atom. The second-order valence-electron chi connectivity index (χ2n) is 4.63. The van der Waals surface area contributed by atoms with E-state index >= 15 is 0 Å². The third-order valence-electron chi connectivity index (χ3n) is 3.09. The van der Waals surface area contributed by atoms with E-state index in [0.717, 1.165) is 0 Å². The van der Waals surface area contributed by atoms with E-state index in [0.29, 0.717) is 29.4 Å². The smallest absolute Gasteiger partial charge is 0.373 e. The van der Waals surface area contributed by atoms with Gasteiger partial charge in [0.2, 0.25) is 5.76 Å². The summed E-state index contributed by atoms with van der Waals surface area (Å²) < 4.78 is 25.5. The Hall–Kier alpha value is -2.96. The van der Waals surface area contributed by atoms with E-state index in [-0.39, 0.29) is 12.4 Å². The molecule has 0 spiro atoms. The highest BCUT2D eigenvalue weighted by Crippen LogP contribution is 2.28. The summed E-state index contributed by atoms with van der Waals surface area (Å²) in [5.74, 6) is 0.232. The van der Waals surface area contributed by atoms with Crippen LogP contribution in [0.15, 0.2) is 34.7 Å². The minimum atomic E-state index is -0.593. The number of methoxy groups -OCH3 is 2. The van der Waals surface area contributed by atoms with Crippen LogP contribution in [0.4, 0.5) is 0 Å². The van der Waals surface area contributed by atoms with Crippen LogP contribution in [0.5, 0.6) is 11.5 Å². The maximum absolute atomic E-state index is 12.1. The molecule has 0 amide bonds. The average Bonchev–Trinajstić information content (AvgIpc) is 3.08. The summed E-state index contributed by atoms with van der Waals surface area (Å²) in [4.78, 5) is 23.4. The van der Waals surface area contributed by atoms with Gasteiger partial charge in [-0.05, 0) is 37.3 Å². The van der Waals surface area contributed by atoms with Crippen molar-refractivity contribution in [3.8, 4) is 11.5 Å². The molecule has 0 aliphatic carbocycles. The topological polar surface area (TPSA) is 84.2 Å². The van der Waals surface area contributed by atoms with Crippen molar-refractivity contribution in [2.75, 3.05) is 20.8 Å².